The summed E-state index contributed by atoms with van der Waals surface area (Å²) in [5.41, 5.74) is 0.578. The number of halogens is 3. The summed E-state index contributed by atoms with van der Waals surface area (Å²) in [4.78, 5) is 4.05. The number of nitrogens with one attached hydrogen (secondary N) is 2. The topological polar surface area (TPSA) is 36.4 Å². The highest BCUT2D eigenvalue weighted by atomic mass is 127. The molecule has 0 heterocycles. The van der Waals surface area contributed by atoms with E-state index in [0.717, 1.165) is 6.42 Å². The van der Waals surface area contributed by atoms with Crippen molar-refractivity contribution in [3.05, 3.63) is 34.6 Å². The highest BCUT2D eigenvalue weighted by Gasteiger charge is 2.41. The third-order valence-electron chi connectivity index (χ3n) is 3.06. The van der Waals surface area contributed by atoms with Crippen molar-refractivity contribution in [2.75, 3.05) is 13.6 Å². The fraction of sp³-hybridized carbons (Fsp3) is 0.357. The van der Waals surface area contributed by atoms with Crippen molar-refractivity contribution >= 4 is 41.5 Å². The van der Waals surface area contributed by atoms with Crippen molar-refractivity contribution in [1.82, 2.24) is 10.6 Å². The van der Waals surface area contributed by atoms with Crippen molar-refractivity contribution < 1.29 is 4.39 Å². The van der Waals surface area contributed by atoms with E-state index in [2.05, 4.69) is 21.5 Å². The van der Waals surface area contributed by atoms with Gasteiger partial charge >= 0.3 is 0 Å². The van der Waals surface area contributed by atoms with Gasteiger partial charge in [0.2, 0.25) is 0 Å². The van der Waals surface area contributed by atoms with Crippen LogP contribution in [0.25, 0.3) is 0 Å². The Kier molecular flexibility index (Phi) is 6.56. The van der Waals surface area contributed by atoms with Crippen LogP contribution in [0.1, 0.15) is 17.9 Å². The lowest BCUT2D eigenvalue weighted by atomic mass is 10.1. The fourth-order valence-corrected chi connectivity index (χ4v) is 2.35. The largest absolute Gasteiger partial charge is 0.353 e. The Morgan fingerprint density at radius 3 is 2.95 bits per heavy atom. The maximum atomic E-state index is 13.8. The average molecular weight is 408 g/mol. The van der Waals surface area contributed by atoms with E-state index >= 15 is 0 Å². The van der Waals surface area contributed by atoms with Crippen LogP contribution < -0.4 is 10.6 Å². The zero-order valence-electron chi connectivity index (χ0n) is 11.0. The molecule has 1 aliphatic carbocycles. The van der Waals surface area contributed by atoms with Gasteiger partial charge in [-0.05, 0) is 18.6 Å². The molecule has 1 fully saturated rings. The number of hydrogen-bond acceptors (Lipinski definition) is 1. The zero-order valence-corrected chi connectivity index (χ0v) is 14.1. The lowest BCUT2D eigenvalue weighted by Gasteiger charge is -2.10. The highest BCUT2D eigenvalue weighted by molar-refractivity contribution is 14.0. The van der Waals surface area contributed by atoms with E-state index in [4.69, 9.17) is 18.0 Å². The third kappa shape index (κ3) is 4.00. The smallest absolute Gasteiger partial charge is 0.191 e. The minimum Gasteiger partial charge on any atom is -0.353 e. The fourth-order valence-electron chi connectivity index (χ4n) is 2.04. The molecular weight excluding hydrogens is 392 g/mol. The second-order valence-corrected chi connectivity index (χ2v) is 4.77. The molecule has 0 spiro atoms. The van der Waals surface area contributed by atoms with Gasteiger partial charge in [0.15, 0.2) is 5.96 Å². The van der Waals surface area contributed by atoms with Crippen molar-refractivity contribution in [1.29, 1.82) is 0 Å². The molecule has 1 aromatic carbocycles. The van der Waals surface area contributed by atoms with Crippen LogP contribution in [-0.4, -0.2) is 25.6 Å². The maximum absolute atomic E-state index is 13.8. The number of guanidine groups is 1. The molecule has 2 atom stereocenters. The van der Waals surface area contributed by atoms with E-state index in [1.165, 1.54) is 6.07 Å². The van der Waals surface area contributed by atoms with Gasteiger partial charge in [-0.15, -0.1) is 30.4 Å². The number of rotatable bonds is 3. The molecule has 3 nitrogen and oxygen atoms in total. The van der Waals surface area contributed by atoms with E-state index in [-0.39, 0.29) is 41.8 Å². The van der Waals surface area contributed by atoms with Crippen LogP contribution in [0.5, 0.6) is 0 Å². The Balaban J connectivity index is 0.00000200. The lowest BCUT2D eigenvalue weighted by molar-refractivity contribution is 0.608. The van der Waals surface area contributed by atoms with Gasteiger partial charge in [0, 0.05) is 29.6 Å². The summed E-state index contributed by atoms with van der Waals surface area (Å²) in [5.74, 6) is 2.92. The normalized spacial score (nSPS) is 20.6. The predicted molar refractivity (Wildman–Crippen MR) is 91.3 cm³/mol. The first-order valence-electron chi connectivity index (χ1n) is 6.02. The van der Waals surface area contributed by atoms with Gasteiger partial charge in [0.25, 0.3) is 0 Å². The molecule has 1 aromatic rings. The first-order valence-corrected chi connectivity index (χ1v) is 6.39. The maximum Gasteiger partial charge on any atom is 0.191 e. The Morgan fingerprint density at radius 1 is 1.60 bits per heavy atom. The SMILES string of the molecule is C#CCNC(=NC)NC1CC1c1c(F)cccc1Cl.I. The van der Waals surface area contributed by atoms with Crippen LogP contribution in [-0.2, 0) is 0 Å². The Bertz CT molecular complexity index is 521. The number of benzene rings is 1. The summed E-state index contributed by atoms with van der Waals surface area (Å²) in [6.45, 7) is 0.400. The van der Waals surface area contributed by atoms with E-state index in [1.54, 1.807) is 19.2 Å². The summed E-state index contributed by atoms with van der Waals surface area (Å²) in [6.07, 6.45) is 6.00. The molecule has 0 amide bonds. The van der Waals surface area contributed by atoms with Crippen LogP contribution in [0.15, 0.2) is 23.2 Å². The van der Waals surface area contributed by atoms with Crippen LogP contribution >= 0.6 is 35.6 Å². The van der Waals surface area contributed by atoms with Gasteiger partial charge in [-0.3, -0.25) is 4.99 Å². The Morgan fingerprint density at radius 2 is 2.35 bits per heavy atom. The molecule has 2 unspecified atom stereocenters. The summed E-state index contributed by atoms with van der Waals surface area (Å²) >= 11 is 6.04. The molecular formula is C14H16ClFIN3. The number of terminal acetylenes is 1. The first kappa shape index (κ1) is 17.1. The molecule has 1 saturated carbocycles. The molecule has 0 bridgehead atoms. The molecule has 20 heavy (non-hydrogen) atoms. The molecule has 0 aliphatic heterocycles. The van der Waals surface area contributed by atoms with E-state index in [0.29, 0.717) is 23.1 Å². The molecule has 0 aromatic heterocycles. The standard InChI is InChI=1S/C14H15ClFN3.HI/c1-3-7-18-14(17-2)19-12-8-9(12)13-10(15)5-4-6-11(13)16;/h1,4-6,9,12H,7-8H2,2H3,(H2,17,18,19);1H. The molecule has 0 saturated heterocycles. The van der Waals surface area contributed by atoms with Gasteiger partial charge in [-0.25, -0.2) is 4.39 Å². The Labute approximate surface area is 140 Å². The van der Waals surface area contributed by atoms with Gasteiger partial charge in [0.05, 0.1) is 6.54 Å². The second kappa shape index (κ2) is 7.70. The van der Waals surface area contributed by atoms with Crippen LogP contribution in [0.2, 0.25) is 5.02 Å². The molecule has 2 N–H and O–H groups in total. The van der Waals surface area contributed by atoms with Crippen molar-refractivity contribution in [2.45, 2.75) is 18.4 Å². The molecule has 108 valence electrons. The average Bonchev–Trinajstić information content (AvgIpc) is 3.13. The Hall–Kier alpha value is -1.000. The quantitative estimate of drug-likeness (QED) is 0.350. The van der Waals surface area contributed by atoms with Gasteiger partial charge < -0.3 is 10.6 Å². The van der Waals surface area contributed by atoms with E-state index in [9.17, 15) is 4.39 Å². The van der Waals surface area contributed by atoms with Crippen molar-refractivity contribution in [2.24, 2.45) is 4.99 Å². The number of aliphatic imine (C=N–C) groups is 1. The summed E-state index contributed by atoms with van der Waals surface area (Å²) in [6, 6.07) is 4.89. The summed E-state index contributed by atoms with van der Waals surface area (Å²) in [5, 5.41) is 6.64. The van der Waals surface area contributed by atoms with Crippen molar-refractivity contribution in [3.63, 3.8) is 0 Å². The zero-order chi connectivity index (χ0) is 13.8. The van der Waals surface area contributed by atoms with Crippen molar-refractivity contribution in [3.8, 4) is 12.3 Å². The number of nitrogens with zero attached hydrogens (tertiary/aromatic N) is 1. The molecule has 1 aliphatic rings. The molecule has 6 heteroatoms. The number of hydrogen-bond donors (Lipinski definition) is 2. The van der Waals surface area contributed by atoms with Crippen LogP contribution in [0.3, 0.4) is 0 Å². The third-order valence-corrected chi connectivity index (χ3v) is 3.39. The van der Waals surface area contributed by atoms with Gasteiger partial charge in [-0.1, -0.05) is 23.6 Å². The van der Waals surface area contributed by atoms with Crippen LogP contribution in [0.4, 0.5) is 4.39 Å². The van der Waals surface area contributed by atoms with Gasteiger partial charge in [0.1, 0.15) is 5.82 Å². The molecule has 2 rings (SSSR count). The summed E-state index contributed by atoms with van der Waals surface area (Å²) in [7, 11) is 1.67. The van der Waals surface area contributed by atoms with Gasteiger partial charge in [-0.2, -0.15) is 0 Å². The predicted octanol–water partition coefficient (Wildman–Crippen LogP) is 2.75. The minimum absolute atomic E-state index is 0. The van der Waals surface area contributed by atoms with E-state index < -0.39 is 0 Å². The lowest BCUT2D eigenvalue weighted by Crippen LogP contribution is -2.39. The van der Waals surface area contributed by atoms with Crippen LogP contribution in [0, 0.1) is 18.2 Å². The van der Waals surface area contributed by atoms with E-state index in [1.807, 2.05) is 0 Å². The second-order valence-electron chi connectivity index (χ2n) is 4.36. The monoisotopic (exact) mass is 407 g/mol. The first-order chi connectivity index (χ1) is 9.17. The summed E-state index contributed by atoms with van der Waals surface area (Å²) < 4.78 is 13.8. The molecule has 0 radical (unpaired) electrons. The highest BCUT2D eigenvalue weighted by Crippen LogP contribution is 2.44. The minimum atomic E-state index is -0.256.